The molecule has 6 rings (SSSR count). The van der Waals surface area contributed by atoms with E-state index in [1.165, 1.54) is 47.6 Å². The molecule has 46 heavy (non-hydrogen) atoms. The highest BCUT2D eigenvalue weighted by atomic mass is 79.9. The van der Waals surface area contributed by atoms with Crippen LogP contribution in [0.15, 0.2) is 77.3 Å². The van der Waals surface area contributed by atoms with E-state index in [1.54, 1.807) is 13.2 Å². The number of anilines is 2. The minimum Gasteiger partial charge on any atom is -0.497 e. The van der Waals surface area contributed by atoms with E-state index in [9.17, 15) is 14.0 Å². The normalized spacial score (nSPS) is 14.2. The number of likely N-dealkylation sites (N-methyl/N-ethyl adjacent to an activating group) is 2. The average Bonchev–Trinajstić information content (AvgIpc) is 3.05. The van der Waals surface area contributed by atoms with Crippen molar-refractivity contribution < 1.29 is 23.5 Å². The van der Waals surface area contributed by atoms with E-state index in [2.05, 4.69) is 68.7 Å². The first-order valence-corrected chi connectivity index (χ1v) is 15.8. The fourth-order valence-corrected chi connectivity index (χ4v) is 5.99. The quantitative estimate of drug-likeness (QED) is 0.233. The van der Waals surface area contributed by atoms with E-state index in [1.807, 2.05) is 30.3 Å². The standard InChI is InChI=1S/C18H19BrN2O2.C18H19FN2O2/c1-21-8-7-12-3-4-14(9-13(12)11-21)20-18(22)16-10-15(23-2)5-6-17(16)19;1-21-8-7-12-3-5-15(9-14(12)11-21)20-18(22)13-4-6-16(19)17(10-13)23-2/h2*3-6,9-10H,7-8,11H2,1-2H3,(H,20,22). The molecule has 4 aromatic carbocycles. The van der Waals surface area contributed by atoms with Gasteiger partial charge in [-0.3, -0.25) is 9.59 Å². The smallest absolute Gasteiger partial charge is 0.256 e. The first-order chi connectivity index (χ1) is 22.1. The Bertz CT molecular complexity index is 1750. The first-order valence-electron chi connectivity index (χ1n) is 15.0. The van der Waals surface area contributed by atoms with Crippen LogP contribution < -0.4 is 20.1 Å². The van der Waals surface area contributed by atoms with Crippen molar-refractivity contribution in [2.45, 2.75) is 25.9 Å². The summed E-state index contributed by atoms with van der Waals surface area (Å²) >= 11 is 3.42. The molecule has 2 heterocycles. The van der Waals surface area contributed by atoms with E-state index < -0.39 is 5.82 Å². The minimum atomic E-state index is -0.485. The van der Waals surface area contributed by atoms with Gasteiger partial charge in [0.15, 0.2) is 11.6 Å². The average molecular weight is 690 g/mol. The molecule has 10 heteroatoms. The van der Waals surface area contributed by atoms with Gasteiger partial charge in [-0.2, -0.15) is 0 Å². The zero-order chi connectivity index (χ0) is 32.8. The Kier molecular flexibility index (Phi) is 10.7. The van der Waals surface area contributed by atoms with Crippen molar-refractivity contribution in [3.63, 3.8) is 0 Å². The number of nitrogens with one attached hydrogen (secondary N) is 2. The molecule has 0 atom stereocenters. The zero-order valence-corrected chi connectivity index (χ0v) is 28.0. The van der Waals surface area contributed by atoms with Crippen LogP contribution in [0.2, 0.25) is 0 Å². The third kappa shape index (κ3) is 8.12. The summed E-state index contributed by atoms with van der Waals surface area (Å²) in [7, 11) is 7.16. The summed E-state index contributed by atoms with van der Waals surface area (Å²) in [5.41, 5.74) is 7.67. The lowest BCUT2D eigenvalue weighted by Gasteiger charge is -2.25. The first kappa shape index (κ1) is 33.1. The van der Waals surface area contributed by atoms with Crippen LogP contribution in [0.4, 0.5) is 15.8 Å². The summed E-state index contributed by atoms with van der Waals surface area (Å²) in [5, 5.41) is 5.83. The van der Waals surface area contributed by atoms with Crippen molar-refractivity contribution in [1.82, 2.24) is 9.80 Å². The van der Waals surface area contributed by atoms with E-state index >= 15 is 0 Å². The van der Waals surface area contributed by atoms with E-state index in [-0.39, 0.29) is 17.6 Å². The third-order valence-corrected chi connectivity index (χ3v) is 8.86. The summed E-state index contributed by atoms with van der Waals surface area (Å²) in [6, 6.07) is 21.5. The van der Waals surface area contributed by atoms with E-state index in [0.717, 1.165) is 54.9 Å². The van der Waals surface area contributed by atoms with Crippen molar-refractivity contribution in [2.24, 2.45) is 0 Å². The summed E-state index contributed by atoms with van der Waals surface area (Å²) in [6.07, 6.45) is 2.08. The number of halogens is 2. The van der Waals surface area contributed by atoms with E-state index in [4.69, 9.17) is 9.47 Å². The Morgan fingerprint density at radius 2 is 1.30 bits per heavy atom. The molecule has 2 aliphatic heterocycles. The second-order valence-corrected chi connectivity index (χ2v) is 12.4. The highest BCUT2D eigenvalue weighted by Gasteiger charge is 2.17. The maximum atomic E-state index is 13.4. The van der Waals surface area contributed by atoms with Gasteiger partial charge in [-0.15, -0.1) is 0 Å². The minimum absolute atomic E-state index is 0.0599. The Hall–Kier alpha value is -4.25. The van der Waals surface area contributed by atoms with Crippen molar-refractivity contribution in [3.8, 4) is 11.5 Å². The topological polar surface area (TPSA) is 83.1 Å². The van der Waals surface area contributed by atoms with Gasteiger partial charge in [0.25, 0.3) is 11.8 Å². The Morgan fingerprint density at radius 3 is 1.87 bits per heavy atom. The third-order valence-electron chi connectivity index (χ3n) is 8.17. The molecule has 0 aromatic heterocycles. The zero-order valence-electron chi connectivity index (χ0n) is 26.5. The molecule has 0 bridgehead atoms. The fraction of sp³-hybridized carbons (Fsp3) is 0.278. The number of ether oxygens (including phenoxy) is 2. The van der Waals surface area contributed by atoms with Gasteiger partial charge in [0.2, 0.25) is 0 Å². The van der Waals surface area contributed by atoms with Crippen molar-refractivity contribution in [1.29, 1.82) is 0 Å². The maximum absolute atomic E-state index is 13.4. The number of benzene rings is 4. The van der Waals surface area contributed by atoms with Crippen molar-refractivity contribution >= 4 is 39.1 Å². The number of carbonyl (C=O) groups is 2. The summed E-state index contributed by atoms with van der Waals surface area (Å²) < 4.78 is 24.3. The predicted molar refractivity (Wildman–Crippen MR) is 183 cm³/mol. The van der Waals surface area contributed by atoms with Crippen molar-refractivity contribution in [2.75, 3.05) is 52.0 Å². The fourth-order valence-electron chi connectivity index (χ4n) is 5.56. The molecule has 0 unspecified atom stereocenters. The van der Waals surface area contributed by atoms with Crippen LogP contribution in [0.25, 0.3) is 0 Å². The van der Waals surface area contributed by atoms with Crippen LogP contribution in [0, 0.1) is 5.82 Å². The second kappa shape index (κ2) is 14.9. The number of hydrogen-bond donors (Lipinski definition) is 2. The monoisotopic (exact) mass is 688 g/mol. The second-order valence-electron chi connectivity index (χ2n) is 11.5. The summed E-state index contributed by atoms with van der Waals surface area (Å²) in [4.78, 5) is 29.4. The molecule has 0 saturated carbocycles. The number of rotatable bonds is 6. The molecule has 0 saturated heterocycles. The van der Waals surface area contributed by atoms with Crippen LogP contribution >= 0.6 is 15.9 Å². The number of methoxy groups -OCH3 is 2. The molecule has 0 spiro atoms. The maximum Gasteiger partial charge on any atom is 0.256 e. The van der Waals surface area contributed by atoms with Gasteiger partial charge in [0.1, 0.15) is 5.75 Å². The number of carbonyl (C=O) groups excluding carboxylic acids is 2. The molecule has 8 nitrogen and oxygen atoms in total. The van der Waals surface area contributed by atoms with Crippen molar-refractivity contribution in [3.05, 3.63) is 116 Å². The largest absolute Gasteiger partial charge is 0.497 e. The molecular formula is C36H38BrFN4O4. The summed E-state index contributed by atoms with van der Waals surface area (Å²) in [6.45, 7) is 3.93. The van der Waals surface area contributed by atoms with Gasteiger partial charge in [-0.25, -0.2) is 4.39 Å². The SMILES string of the molecule is COc1cc(C(=O)Nc2ccc3c(c2)CN(C)CC3)ccc1F.COc1ccc(Br)c(C(=O)Nc2ccc3c(c2)CN(C)CC3)c1. The molecular weight excluding hydrogens is 651 g/mol. The number of nitrogens with zero attached hydrogens (tertiary/aromatic N) is 2. The molecule has 2 aliphatic rings. The molecule has 0 aliphatic carbocycles. The molecule has 0 fully saturated rings. The lowest BCUT2D eigenvalue weighted by molar-refractivity contribution is 0.101. The van der Waals surface area contributed by atoms with Gasteiger partial charge < -0.3 is 29.9 Å². The van der Waals surface area contributed by atoms with Gasteiger partial charge in [0, 0.05) is 47.6 Å². The van der Waals surface area contributed by atoms with Gasteiger partial charge >= 0.3 is 0 Å². The van der Waals surface area contributed by atoms with Crippen LogP contribution in [-0.4, -0.2) is 63.0 Å². The molecule has 2 N–H and O–H groups in total. The lowest BCUT2D eigenvalue weighted by Crippen LogP contribution is -2.26. The van der Waals surface area contributed by atoms with Gasteiger partial charge in [0.05, 0.1) is 19.8 Å². The molecule has 4 aromatic rings. The van der Waals surface area contributed by atoms with Crippen LogP contribution in [0.5, 0.6) is 11.5 Å². The Labute approximate surface area is 277 Å². The lowest BCUT2D eigenvalue weighted by atomic mass is 9.99. The van der Waals surface area contributed by atoms with Crippen LogP contribution in [0.1, 0.15) is 43.0 Å². The van der Waals surface area contributed by atoms with Crippen LogP contribution in [0.3, 0.4) is 0 Å². The molecule has 2 amide bonds. The molecule has 0 radical (unpaired) electrons. The number of amides is 2. The Balaban J connectivity index is 0.000000181. The predicted octanol–water partition coefficient (Wildman–Crippen LogP) is 6.77. The summed E-state index contributed by atoms with van der Waals surface area (Å²) in [5.74, 6) is -0.205. The highest BCUT2D eigenvalue weighted by molar-refractivity contribution is 9.10. The highest BCUT2D eigenvalue weighted by Crippen LogP contribution is 2.26. The Morgan fingerprint density at radius 1 is 0.717 bits per heavy atom. The van der Waals surface area contributed by atoms with E-state index in [0.29, 0.717) is 16.9 Å². The number of fused-ring (bicyclic) bond motifs is 2. The van der Waals surface area contributed by atoms with Crippen LogP contribution in [-0.2, 0) is 25.9 Å². The number of hydrogen-bond acceptors (Lipinski definition) is 6. The molecule has 240 valence electrons. The van der Waals surface area contributed by atoms with Gasteiger partial charge in [-0.1, -0.05) is 12.1 Å². The van der Waals surface area contributed by atoms with Gasteiger partial charge in [-0.05, 0) is 126 Å².